The highest BCUT2D eigenvalue weighted by molar-refractivity contribution is 5.79. The maximum atomic E-state index is 12.2. The number of aliphatic imine (C=N–C) groups is 1. The summed E-state index contributed by atoms with van der Waals surface area (Å²) in [7, 11) is 0. The molecule has 23 heavy (non-hydrogen) atoms. The summed E-state index contributed by atoms with van der Waals surface area (Å²) in [4.78, 5) is 21.1. The van der Waals surface area contributed by atoms with E-state index in [0.29, 0.717) is 23.8 Å². The maximum absolute atomic E-state index is 12.2. The summed E-state index contributed by atoms with van der Waals surface area (Å²) in [5.41, 5.74) is 5.95. The first-order chi connectivity index (χ1) is 11.2. The summed E-state index contributed by atoms with van der Waals surface area (Å²) in [5, 5.41) is 3.32. The van der Waals surface area contributed by atoms with Crippen molar-refractivity contribution < 1.29 is 4.79 Å². The van der Waals surface area contributed by atoms with Crippen LogP contribution in [0.3, 0.4) is 0 Å². The molecule has 6 heteroatoms. The van der Waals surface area contributed by atoms with Crippen molar-refractivity contribution in [3.8, 4) is 0 Å². The van der Waals surface area contributed by atoms with E-state index in [1.807, 2.05) is 0 Å². The van der Waals surface area contributed by atoms with Crippen LogP contribution in [0.4, 0.5) is 0 Å². The zero-order valence-electron chi connectivity index (χ0n) is 14.2. The minimum absolute atomic E-state index is 0.326. The molecule has 3 N–H and O–H groups in total. The molecule has 0 aromatic carbocycles. The van der Waals surface area contributed by atoms with Crippen LogP contribution in [-0.4, -0.2) is 67.0 Å². The number of piperazine rings is 1. The van der Waals surface area contributed by atoms with E-state index in [9.17, 15) is 4.79 Å². The Morgan fingerprint density at radius 3 is 2.35 bits per heavy atom. The Hall–Kier alpha value is -1.30. The van der Waals surface area contributed by atoms with E-state index < -0.39 is 0 Å². The molecule has 0 spiro atoms. The molecule has 1 saturated heterocycles. The van der Waals surface area contributed by atoms with Crippen molar-refractivity contribution in [3.05, 3.63) is 0 Å². The van der Waals surface area contributed by atoms with Crippen molar-refractivity contribution in [2.45, 2.75) is 51.0 Å². The molecule has 0 bridgehead atoms. The second-order valence-electron chi connectivity index (χ2n) is 7.19. The van der Waals surface area contributed by atoms with Crippen molar-refractivity contribution in [1.82, 2.24) is 15.1 Å². The van der Waals surface area contributed by atoms with Crippen LogP contribution in [0.2, 0.25) is 0 Å². The molecule has 2 saturated carbocycles. The molecule has 3 aliphatic rings. The van der Waals surface area contributed by atoms with Gasteiger partial charge in [-0.15, -0.1) is 0 Å². The van der Waals surface area contributed by atoms with Gasteiger partial charge in [-0.3, -0.25) is 14.7 Å². The third-order valence-corrected chi connectivity index (χ3v) is 5.54. The highest BCUT2D eigenvalue weighted by atomic mass is 16.2. The van der Waals surface area contributed by atoms with Gasteiger partial charge < -0.3 is 16.0 Å². The average molecular weight is 321 g/mol. The van der Waals surface area contributed by atoms with Gasteiger partial charge in [-0.05, 0) is 25.7 Å². The Kier molecular flexibility index (Phi) is 5.75. The Bertz CT molecular complexity index is 421. The summed E-state index contributed by atoms with van der Waals surface area (Å²) in [6, 6.07) is 0.528. The van der Waals surface area contributed by atoms with E-state index in [1.165, 1.54) is 32.1 Å². The Balaban J connectivity index is 1.31. The molecule has 0 unspecified atom stereocenters. The van der Waals surface area contributed by atoms with Crippen LogP contribution < -0.4 is 11.1 Å². The van der Waals surface area contributed by atoms with Crippen LogP contribution in [-0.2, 0) is 4.79 Å². The summed E-state index contributed by atoms with van der Waals surface area (Å²) < 4.78 is 0. The molecular weight excluding hydrogens is 290 g/mol. The first-order valence-corrected chi connectivity index (χ1v) is 9.30. The summed E-state index contributed by atoms with van der Waals surface area (Å²) in [6.07, 6.45) is 8.46. The Morgan fingerprint density at radius 2 is 1.74 bits per heavy atom. The van der Waals surface area contributed by atoms with Crippen LogP contribution >= 0.6 is 0 Å². The Morgan fingerprint density at radius 1 is 1.04 bits per heavy atom. The zero-order valence-corrected chi connectivity index (χ0v) is 14.2. The molecule has 0 atom stereocenters. The van der Waals surface area contributed by atoms with E-state index in [2.05, 4.69) is 20.1 Å². The van der Waals surface area contributed by atoms with Crippen molar-refractivity contribution in [2.75, 3.05) is 39.3 Å². The number of nitrogens with one attached hydrogen (secondary N) is 1. The fourth-order valence-electron chi connectivity index (χ4n) is 3.74. The van der Waals surface area contributed by atoms with Gasteiger partial charge in [0.05, 0.1) is 6.54 Å². The molecule has 0 aromatic heterocycles. The van der Waals surface area contributed by atoms with Gasteiger partial charge in [0, 0.05) is 44.7 Å². The number of rotatable bonds is 5. The third-order valence-electron chi connectivity index (χ3n) is 5.54. The fourth-order valence-corrected chi connectivity index (χ4v) is 3.74. The standard InChI is InChI=1S/C17H31N5O/c18-17(20-15-6-1-2-7-15)19-8-9-21-10-12-22(13-11-21)16(23)14-4-3-5-14/h14-15H,1-13H2,(H3,18,19,20). The van der Waals surface area contributed by atoms with Gasteiger partial charge in [0.15, 0.2) is 5.96 Å². The molecule has 0 radical (unpaired) electrons. The maximum Gasteiger partial charge on any atom is 0.225 e. The number of nitrogens with zero attached hydrogens (tertiary/aromatic N) is 3. The lowest BCUT2D eigenvalue weighted by molar-refractivity contribution is -0.139. The predicted octanol–water partition coefficient (Wildman–Crippen LogP) is 0.778. The first-order valence-electron chi connectivity index (χ1n) is 9.30. The molecule has 1 amide bonds. The third kappa shape index (κ3) is 4.59. The number of nitrogens with two attached hydrogens (primary N) is 1. The van der Waals surface area contributed by atoms with E-state index in [4.69, 9.17) is 5.73 Å². The quantitative estimate of drug-likeness (QED) is 0.580. The normalized spacial score (nSPS) is 24.7. The number of hydrogen-bond donors (Lipinski definition) is 2. The average Bonchev–Trinajstić information content (AvgIpc) is 2.99. The van der Waals surface area contributed by atoms with E-state index >= 15 is 0 Å². The van der Waals surface area contributed by atoms with Gasteiger partial charge in [0.2, 0.25) is 5.91 Å². The largest absolute Gasteiger partial charge is 0.370 e. The van der Waals surface area contributed by atoms with Crippen molar-refractivity contribution >= 4 is 11.9 Å². The number of carbonyl (C=O) groups is 1. The van der Waals surface area contributed by atoms with Gasteiger partial charge in [-0.2, -0.15) is 0 Å². The lowest BCUT2D eigenvalue weighted by Gasteiger charge is -2.38. The minimum atomic E-state index is 0.326. The topological polar surface area (TPSA) is 74.0 Å². The first kappa shape index (κ1) is 16.6. The number of guanidine groups is 1. The van der Waals surface area contributed by atoms with Crippen LogP contribution in [0, 0.1) is 5.92 Å². The van der Waals surface area contributed by atoms with Crippen molar-refractivity contribution in [2.24, 2.45) is 16.6 Å². The molecule has 1 aliphatic heterocycles. The number of hydrogen-bond acceptors (Lipinski definition) is 3. The van der Waals surface area contributed by atoms with Crippen molar-refractivity contribution in [3.63, 3.8) is 0 Å². The molecule has 0 aromatic rings. The summed E-state index contributed by atoms with van der Waals surface area (Å²) >= 11 is 0. The fraction of sp³-hybridized carbons (Fsp3) is 0.882. The second kappa shape index (κ2) is 7.99. The van der Waals surface area contributed by atoms with Crippen LogP contribution in [0.5, 0.6) is 0 Å². The highest BCUT2D eigenvalue weighted by Crippen LogP contribution is 2.28. The Labute approximate surface area is 139 Å². The number of carbonyl (C=O) groups excluding carboxylic acids is 1. The highest BCUT2D eigenvalue weighted by Gasteiger charge is 2.30. The van der Waals surface area contributed by atoms with Gasteiger partial charge in [-0.1, -0.05) is 19.3 Å². The molecule has 3 rings (SSSR count). The zero-order chi connectivity index (χ0) is 16.1. The monoisotopic (exact) mass is 321 g/mol. The predicted molar refractivity (Wildman–Crippen MR) is 92.2 cm³/mol. The lowest BCUT2D eigenvalue weighted by Crippen LogP contribution is -2.51. The SMILES string of the molecule is NC(=NCCN1CCN(C(=O)C2CCC2)CC1)NC1CCCC1. The van der Waals surface area contributed by atoms with Crippen LogP contribution in [0.1, 0.15) is 44.9 Å². The molecule has 1 heterocycles. The van der Waals surface area contributed by atoms with Crippen molar-refractivity contribution in [1.29, 1.82) is 0 Å². The van der Waals surface area contributed by atoms with E-state index in [0.717, 1.165) is 52.1 Å². The summed E-state index contributed by atoms with van der Waals surface area (Å²) in [6.45, 7) is 5.33. The van der Waals surface area contributed by atoms with Gasteiger partial charge in [0.1, 0.15) is 0 Å². The molecule has 130 valence electrons. The van der Waals surface area contributed by atoms with Gasteiger partial charge in [0.25, 0.3) is 0 Å². The lowest BCUT2D eigenvalue weighted by atomic mass is 9.84. The summed E-state index contributed by atoms with van der Waals surface area (Å²) in [5.74, 6) is 1.31. The number of amides is 1. The van der Waals surface area contributed by atoms with Crippen LogP contribution in [0.15, 0.2) is 4.99 Å². The second-order valence-corrected chi connectivity index (χ2v) is 7.19. The minimum Gasteiger partial charge on any atom is -0.370 e. The van der Waals surface area contributed by atoms with Gasteiger partial charge >= 0.3 is 0 Å². The molecule has 2 aliphatic carbocycles. The smallest absolute Gasteiger partial charge is 0.225 e. The van der Waals surface area contributed by atoms with E-state index in [1.54, 1.807) is 0 Å². The molecular formula is C17H31N5O. The van der Waals surface area contributed by atoms with E-state index in [-0.39, 0.29) is 0 Å². The van der Waals surface area contributed by atoms with Crippen LogP contribution in [0.25, 0.3) is 0 Å². The van der Waals surface area contributed by atoms with Gasteiger partial charge in [-0.25, -0.2) is 0 Å². The molecule has 3 fully saturated rings. The molecule has 6 nitrogen and oxygen atoms in total.